The summed E-state index contributed by atoms with van der Waals surface area (Å²) in [5, 5.41) is 19.7. The number of nitrogens with one attached hydrogen (secondary N) is 3. The molecule has 1 heterocycles. The second-order valence-corrected chi connectivity index (χ2v) is 6.79. The van der Waals surface area contributed by atoms with E-state index in [-0.39, 0.29) is 30.0 Å². The lowest BCUT2D eigenvalue weighted by atomic mass is 10.0. The van der Waals surface area contributed by atoms with E-state index < -0.39 is 6.10 Å². The van der Waals surface area contributed by atoms with Crippen LogP contribution in [0.2, 0.25) is 5.02 Å². The van der Waals surface area contributed by atoms with E-state index in [1.165, 1.54) is 5.56 Å². The molecule has 0 unspecified atom stereocenters. The van der Waals surface area contributed by atoms with Crippen LogP contribution in [0.5, 0.6) is 0 Å². The average Bonchev–Trinajstić information content (AvgIpc) is 3.23. The number of aliphatic hydroxyl groups excluding tert-OH is 1. The van der Waals surface area contributed by atoms with Crippen LogP contribution in [-0.2, 0) is 6.42 Å². The highest BCUT2D eigenvalue weighted by atomic mass is 35.5. The number of aliphatic hydroxyl groups is 1. The molecule has 128 valence electrons. The smallest absolute Gasteiger partial charge is 0.315 e. The summed E-state index contributed by atoms with van der Waals surface area (Å²) in [7, 11) is 0. The molecule has 2 atom stereocenters. The Balaban J connectivity index is 0.00000192. The summed E-state index contributed by atoms with van der Waals surface area (Å²) < 4.78 is 0. The molecule has 1 saturated carbocycles. The second kappa shape index (κ2) is 7.71. The highest BCUT2D eigenvalue weighted by Crippen LogP contribution is 2.38. The number of β-amino-alcohol motifs (C(OH)–C–C–N with tert-alkyl or cyclic N) is 1. The molecular formula is C16H23Cl2N3O2. The summed E-state index contributed by atoms with van der Waals surface area (Å²) in [5.41, 5.74) is 1.03. The van der Waals surface area contributed by atoms with Crippen molar-refractivity contribution < 1.29 is 9.90 Å². The van der Waals surface area contributed by atoms with Gasteiger partial charge in [0, 0.05) is 17.1 Å². The summed E-state index contributed by atoms with van der Waals surface area (Å²) in [6.07, 6.45) is 3.01. The van der Waals surface area contributed by atoms with Crippen molar-refractivity contribution in [3.05, 3.63) is 34.9 Å². The number of hydrogen-bond acceptors (Lipinski definition) is 3. The highest BCUT2D eigenvalue weighted by Gasteiger charge is 2.44. The number of halogens is 2. The minimum absolute atomic E-state index is 0. The Kier molecular flexibility index (Phi) is 6.14. The van der Waals surface area contributed by atoms with Crippen molar-refractivity contribution in [2.75, 3.05) is 13.1 Å². The lowest BCUT2D eigenvalue weighted by Gasteiger charge is -2.30. The maximum atomic E-state index is 12.2. The number of amides is 2. The summed E-state index contributed by atoms with van der Waals surface area (Å²) in [5.74, 6) is 0. The van der Waals surface area contributed by atoms with Crippen molar-refractivity contribution in [1.82, 2.24) is 16.0 Å². The normalized spacial score (nSPS) is 25.1. The minimum atomic E-state index is -0.522. The molecule has 1 aliphatic heterocycles. The highest BCUT2D eigenvalue weighted by molar-refractivity contribution is 6.30. The molecule has 5 nitrogen and oxygen atoms in total. The monoisotopic (exact) mass is 359 g/mol. The predicted molar refractivity (Wildman–Crippen MR) is 93.3 cm³/mol. The van der Waals surface area contributed by atoms with Crippen molar-refractivity contribution >= 4 is 30.0 Å². The first-order valence-electron chi connectivity index (χ1n) is 7.78. The van der Waals surface area contributed by atoms with Crippen LogP contribution in [-0.4, -0.2) is 41.9 Å². The van der Waals surface area contributed by atoms with E-state index in [1.807, 2.05) is 24.3 Å². The summed E-state index contributed by atoms with van der Waals surface area (Å²) in [4.78, 5) is 12.2. The van der Waals surface area contributed by atoms with Gasteiger partial charge in [-0.1, -0.05) is 23.7 Å². The maximum absolute atomic E-state index is 12.2. The fourth-order valence-corrected chi connectivity index (χ4v) is 3.07. The van der Waals surface area contributed by atoms with Crippen molar-refractivity contribution in [2.24, 2.45) is 0 Å². The molecule has 0 aromatic heterocycles. The molecule has 0 bridgehead atoms. The van der Waals surface area contributed by atoms with E-state index in [2.05, 4.69) is 16.0 Å². The molecule has 0 spiro atoms. The van der Waals surface area contributed by atoms with Gasteiger partial charge in [-0.3, -0.25) is 0 Å². The zero-order chi connectivity index (χ0) is 15.6. The molecule has 23 heavy (non-hydrogen) atoms. The number of carbonyl (C=O) groups is 1. The average molecular weight is 360 g/mol. The third kappa shape index (κ3) is 4.98. The van der Waals surface area contributed by atoms with Gasteiger partial charge in [0.15, 0.2) is 0 Å². The fourth-order valence-electron chi connectivity index (χ4n) is 2.95. The van der Waals surface area contributed by atoms with E-state index in [0.29, 0.717) is 6.54 Å². The van der Waals surface area contributed by atoms with Gasteiger partial charge < -0.3 is 21.1 Å². The van der Waals surface area contributed by atoms with E-state index in [9.17, 15) is 9.90 Å². The number of rotatable bonds is 4. The van der Waals surface area contributed by atoms with Gasteiger partial charge in [0.1, 0.15) is 0 Å². The van der Waals surface area contributed by atoms with Crippen molar-refractivity contribution in [1.29, 1.82) is 0 Å². The van der Waals surface area contributed by atoms with E-state index in [4.69, 9.17) is 11.6 Å². The fraction of sp³-hybridized carbons (Fsp3) is 0.562. The van der Waals surface area contributed by atoms with Crippen molar-refractivity contribution in [3.8, 4) is 0 Å². The Bertz CT molecular complexity index is 535. The number of urea groups is 1. The molecule has 1 aromatic carbocycles. The molecule has 2 fully saturated rings. The van der Waals surface area contributed by atoms with Crippen LogP contribution in [0, 0.1) is 0 Å². The standard InChI is InChI=1S/C16H22ClN3O2.ClH/c17-12-3-1-11(2-4-12)9-16(6-7-16)20-15(22)19-13-5-8-18-10-14(13)21;/h1-4,13-14,18,21H,5-10H2,(H2,19,20,22);1H/t13-,14-;/m1./s1. The molecule has 1 aromatic rings. The van der Waals surface area contributed by atoms with Crippen LogP contribution in [0.15, 0.2) is 24.3 Å². The third-order valence-corrected chi connectivity index (χ3v) is 4.71. The first-order chi connectivity index (χ1) is 10.6. The Morgan fingerprint density at radius 1 is 1.35 bits per heavy atom. The van der Waals surface area contributed by atoms with Gasteiger partial charge >= 0.3 is 6.03 Å². The zero-order valence-electron chi connectivity index (χ0n) is 12.8. The first-order valence-corrected chi connectivity index (χ1v) is 8.16. The van der Waals surface area contributed by atoms with Gasteiger partial charge in [-0.25, -0.2) is 4.79 Å². The van der Waals surface area contributed by atoms with Gasteiger partial charge in [-0.05, 0) is 49.9 Å². The lowest BCUT2D eigenvalue weighted by molar-refractivity contribution is 0.105. The topological polar surface area (TPSA) is 73.4 Å². The third-order valence-electron chi connectivity index (χ3n) is 4.45. The molecule has 2 aliphatic rings. The molecule has 2 amide bonds. The van der Waals surface area contributed by atoms with Gasteiger partial charge in [-0.2, -0.15) is 0 Å². The lowest BCUT2D eigenvalue weighted by Crippen LogP contribution is -2.56. The van der Waals surface area contributed by atoms with E-state index in [1.54, 1.807) is 0 Å². The first kappa shape index (κ1) is 18.3. The molecular weight excluding hydrogens is 337 g/mol. The number of carbonyl (C=O) groups excluding carboxylic acids is 1. The Labute approximate surface area is 147 Å². The van der Waals surface area contributed by atoms with E-state index in [0.717, 1.165) is 37.3 Å². The van der Waals surface area contributed by atoms with Gasteiger partial charge in [0.05, 0.1) is 12.1 Å². The second-order valence-electron chi connectivity index (χ2n) is 6.35. The SMILES string of the molecule is Cl.O=C(N[C@@H]1CCNC[C@H]1O)NC1(Cc2ccc(Cl)cc2)CC1. The molecule has 1 saturated heterocycles. The molecule has 0 radical (unpaired) electrons. The van der Waals surface area contributed by atoms with Gasteiger partial charge in [0.2, 0.25) is 0 Å². The number of hydrogen-bond donors (Lipinski definition) is 4. The summed E-state index contributed by atoms with van der Waals surface area (Å²) >= 11 is 5.90. The van der Waals surface area contributed by atoms with Crippen molar-refractivity contribution in [2.45, 2.75) is 43.4 Å². The predicted octanol–water partition coefficient (Wildman–Crippen LogP) is 1.86. The molecule has 7 heteroatoms. The largest absolute Gasteiger partial charge is 0.390 e. The van der Waals surface area contributed by atoms with Crippen LogP contribution >= 0.6 is 24.0 Å². The van der Waals surface area contributed by atoms with Crippen molar-refractivity contribution in [3.63, 3.8) is 0 Å². The summed E-state index contributed by atoms with van der Waals surface area (Å²) in [6.45, 7) is 1.35. The van der Waals surface area contributed by atoms with Gasteiger partial charge in [0.25, 0.3) is 0 Å². The van der Waals surface area contributed by atoms with Crippen LogP contribution in [0.3, 0.4) is 0 Å². The maximum Gasteiger partial charge on any atom is 0.315 e. The van der Waals surface area contributed by atoms with Crippen LogP contribution in [0.4, 0.5) is 4.79 Å². The Hall–Kier alpha value is -1.01. The molecule has 1 aliphatic carbocycles. The number of benzene rings is 1. The minimum Gasteiger partial charge on any atom is -0.390 e. The van der Waals surface area contributed by atoms with Crippen LogP contribution in [0.25, 0.3) is 0 Å². The molecule has 4 N–H and O–H groups in total. The van der Waals surface area contributed by atoms with Crippen LogP contribution in [0.1, 0.15) is 24.8 Å². The Morgan fingerprint density at radius 2 is 2.04 bits per heavy atom. The van der Waals surface area contributed by atoms with E-state index >= 15 is 0 Å². The number of piperidine rings is 1. The summed E-state index contributed by atoms with van der Waals surface area (Å²) in [6, 6.07) is 7.39. The van der Waals surface area contributed by atoms with Gasteiger partial charge in [-0.15, -0.1) is 12.4 Å². The van der Waals surface area contributed by atoms with Crippen LogP contribution < -0.4 is 16.0 Å². The zero-order valence-corrected chi connectivity index (χ0v) is 14.4. The molecule has 3 rings (SSSR count). The Morgan fingerprint density at radius 3 is 2.65 bits per heavy atom. The quantitative estimate of drug-likeness (QED) is 0.662.